The molecular formula is C15H28N2O3. The summed E-state index contributed by atoms with van der Waals surface area (Å²) < 4.78 is 5.46. The predicted octanol–water partition coefficient (Wildman–Crippen LogP) is 1.56. The minimum absolute atomic E-state index is 0.0332. The van der Waals surface area contributed by atoms with Crippen LogP contribution in [0.3, 0.4) is 0 Å². The standard InChI is InChI=1S/C15H28N2O3/c1-5-9-20-10-8-17-12(7-3)14(18)16-13(15(17)19)11(4)6-2/h11-13H,5-10H2,1-4H3,(H,16,18). The van der Waals surface area contributed by atoms with E-state index in [4.69, 9.17) is 4.74 Å². The molecule has 0 bridgehead atoms. The molecule has 0 aromatic carbocycles. The molecule has 116 valence electrons. The summed E-state index contributed by atoms with van der Waals surface area (Å²) in [5.41, 5.74) is 0. The van der Waals surface area contributed by atoms with Gasteiger partial charge in [0.25, 0.3) is 0 Å². The van der Waals surface area contributed by atoms with Gasteiger partial charge in [-0.1, -0.05) is 34.1 Å². The SMILES string of the molecule is CCCOCCN1C(=O)C(C(C)CC)NC(=O)C1CC. The van der Waals surface area contributed by atoms with Crippen LogP contribution in [0.15, 0.2) is 0 Å². The van der Waals surface area contributed by atoms with Gasteiger partial charge in [0.1, 0.15) is 12.1 Å². The zero-order chi connectivity index (χ0) is 15.1. The average molecular weight is 284 g/mol. The van der Waals surface area contributed by atoms with Gasteiger partial charge in [0.05, 0.1) is 6.61 Å². The summed E-state index contributed by atoms with van der Waals surface area (Å²) in [5, 5.41) is 2.88. The molecule has 1 N–H and O–H groups in total. The van der Waals surface area contributed by atoms with Gasteiger partial charge in [0, 0.05) is 13.2 Å². The van der Waals surface area contributed by atoms with E-state index in [0.29, 0.717) is 26.2 Å². The van der Waals surface area contributed by atoms with E-state index in [1.165, 1.54) is 0 Å². The molecule has 1 aliphatic rings. The molecule has 1 rings (SSSR count). The smallest absolute Gasteiger partial charge is 0.246 e. The summed E-state index contributed by atoms with van der Waals surface area (Å²) in [6.45, 7) is 9.70. The fourth-order valence-corrected chi connectivity index (χ4v) is 2.49. The molecule has 3 unspecified atom stereocenters. The van der Waals surface area contributed by atoms with E-state index in [1.807, 2.05) is 27.7 Å². The second-order valence-electron chi connectivity index (χ2n) is 5.44. The Labute approximate surface area is 122 Å². The Morgan fingerprint density at radius 1 is 1.25 bits per heavy atom. The zero-order valence-corrected chi connectivity index (χ0v) is 13.1. The van der Waals surface area contributed by atoms with Crippen LogP contribution in [-0.2, 0) is 14.3 Å². The lowest BCUT2D eigenvalue weighted by atomic mass is 9.93. The van der Waals surface area contributed by atoms with E-state index in [2.05, 4.69) is 5.32 Å². The van der Waals surface area contributed by atoms with Crippen LogP contribution >= 0.6 is 0 Å². The molecule has 0 aromatic rings. The summed E-state index contributed by atoms with van der Waals surface area (Å²) in [4.78, 5) is 26.4. The maximum absolute atomic E-state index is 12.6. The summed E-state index contributed by atoms with van der Waals surface area (Å²) in [6, 6.07) is -0.741. The van der Waals surface area contributed by atoms with E-state index >= 15 is 0 Å². The first-order valence-electron chi connectivity index (χ1n) is 7.75. The topological polar surface area (TPSA) is 58.6 Å². The lowest BCUT2D eigenvalue weighted by Gasteiger charge is -2.40. The monoisotopic (exact) mass is 284 g/mol. The summed E-state index contributed by atoms with van der Waals surface area (Å²) >= 11 is 0. The van der Waals surface area contributed by atoms with Crippen molar-refractivity contribution in [1.82, 2.24) is 10.2 Å². The van der Waals surface area contributed by atoms with E-state index in [1.54, 1.807) is 4.90 Å². The quantitative estimate of drug-likeness (QED) is 0.688. The van der Waals surface area contributed by atoms with Crippen LogP contribution in [-0.4, -0.2) is 48.6 Å². The van der Waals surface area contributed by atoms with Crippen LogP contribution < -0.4 is 5.32 Å². The molecule has 0 saturated carbocycles. The molecule has 5 nitrogen and oxygen atoms in total. The highest BCUT2D eigenvalue weighted by molar-refractivity contribution is 5.97. The van der Waals surface area contributed by atoms with Crippen molar-refractivity contribution in [2.24, 2.45) is 5.92 Å². The predicted molar refractivity (Wildman–Crippen MR) is 78.3 cm³/mol. The molecule has 0 aromatic heterocycles. The maximum atomic E-state index is 12.6. The van der Waals surface area contributed by atoms with Gasteiger partial charge in [-0.2, -0.15) is 0 Å². The number of nitrogens with one attached hydrogen (secondary N) is 1. The number of hydrogen-bond donors (Lipinski definition) is 1. The number of hydrogen-bond acceptors (Lipinski definition) is 3. The second kappa shape index (κ2) is 8.25. The second-order valence-corrected chi connectivity index (χ2v) is 5.44. The third-order valence-corrected chi connectivity index (χ3v) is 3.95. The molecule has 20 heavy (non-hydrogen) atoms. The molecule has 2 amide bonds. The van der Waals surface area contributed by atoms with Crippen molar-refractivity contribution in [2.45, 2.75) is 59.0 Å². The van der Waals surface area contributed by atoms with Gasteiger partial charge in [0.15, 0.2) is 0 Å². The Morgan fingerprint density at radius 3 is 2.50 bits per heavy atom. The van der Waals surface area contributed by atoms with Crippen LogP contribution in [0.1, 0.15) is 47.0 Å². The molecule has 1 saturated heterocycles. The van der Waals surface area contributed by atoms with Crippen LogP contribution in [0.25, 0.3) is 0 Å². The largest absolute Gasteiger partial charge is 0.380 e. The number of piperazine rings is 1. The van der Waals surface area contributed by atoms with Crippen LogP contribution in [0.4, 0.5) is 0 Å². The lowest BCUT2D eigenvalue weighted by molar-refractivity contribution is -0.151. The van der Waals surface area contributed by atoms with E-state index in [9.17, 15) is 9.59 Å². The number of ether oxygens (including phenoxy) is 1. The Hall–Kier alpha value is -1.10. The van der Waals surface area contributed by atoms with Gasteiger partial charge < -0.3 is 15.0 Å². The number of rotatable bonds is 8. The fraction of sp³-hybridized carbons (Fsp3) is 0.867. The highest BCUT2D eigenvalue weighted by Crippen LogP contribution is 2.19. The summed E-state index contributed by atoms with van der Waals surface area (Å²) in [6.07, 6.45) is 2.47. The minimum atomic E-state index is -0.388. The normalized spacial score (nSPS) is 24.7. The van der Waals surface area contributed by atoms with Crippen molar-refractivity contribution in [1.29, 1.82) is 0 Å². The van der Waals surface area contributed by atoms with Crippen molar-refractivity contribution in [3.05, 3.63) is 0 Å². The Morgan fingerprint density at radius 2 is 1.95 bits per heavy atom. The molecule has 1 aliphatic heterocycles. The highest BCUT2D eigenvalue weighted by atomic mass is 16.5. The van der Waals surface area contributed by atoms with Crippen molar-refractivity contribution in [3.8, 4) is 0 Å². The van der Waals surface area contributed by atoms with Gasteiger partial charge in [-0.05, 0) is 18.8 Å². The Bertz CT molecular complexity index is 333. The van der Waals surface area contributed by atoms with Gasteiger partial charge in [-0.25, -0.2) is 0 Å². The van der Waals surface area contributed by atoms with Crippen LogP contribution in [0, 0.1) is 5.92 Å². The van der Waals surface area contributed by atoms with E-state index < -0.39 is 0 Å². The third-order valence-electron chi connectivity index (χ3n) is 3.95. The van der Waals surface area contributed by atoms with Crippen molar-refractivity contribution in [3.63, 3.8) is 0 Å². The maximum Gasteiger partial charge on any atom is 0.246 e. The van der Waals surface area contributed by atoms with Gasteiger partial charge in [-0.3, -0.25) is 9.59 Å². The van der Waals surface area contributed by atoms with Crippen LogP contribution in [0.2, 0.25) is 0 Å². The van der Waals surface area contributed by atoms with Gasteiger partial charge >= 0.3 is 0 Å². The Kier molecular flexibility index (Phi) is 6.99. The van der Waals surface area contributed by atoms with Crippen molar-refractivity contribution < 1.29 is 14.3 Å². The van der Waals surface area contributed by atoms with Gasteiger partial charge in [0.2, 0.25) is 11.8 Å². The molecule has 0 aliphatic carbocycles. The van der Waals surface area contributed by atoms with Crippen molar-refractivity contribution >= 4 is 11.8 Å². The first-order chi connectivity index (χ1) is 9.56. The first kappa shape index (κ1) is 17.0. The molecule has 3 atom stereocenters. The zero-order valence-electron chi connectivity index (χ0n) is 13.1. The van der Waals surface area contributed by atoms with Crippen molar-refractivity contribution in [2.75, 3.05) is 19.8 Å². The number of amides is 2. The minimum Gasteiger partial charge on any atom is -0.380 e. The molecule has 0 radical (unpaired) electrons. The Balaban J connectivity index is 2.73. The molecule has 0 spiro atoms. The van der Waals surface area contributed by atoms with E-state index in [-0.39, 0.29) is 29.8 Å². The molecule has 5 heteroatoms. The first-order valence-corrected chi connectivity index (χ1v) is 7.75. The average Bonchev–Trinajstić information content (AvgIpc) is 2.45. The van der Waals surface area contributed by atoms with Crippen LogP contribution in [0.5, 0.6) is 0 Å². The van der Waals surface area contributed by atoms with Gasteiger partial charge in [-0.15, -0.1) is 0 Å². The fourth-order valence-electron chi connectivity index (χ4n) is 2.49. The highest BCUT2D eigenvalue weighted by Gasteiger charge is 2.40. The molecular weight excluding hydrogens is 256 g/mol. The number of carbonyl (C=O) groups is 2. The molecule has 1 heterocycles. The summed E-state index contributed by atoms with van der Waals surface area (Å²) in [7, 11) is 0. The number of nitrogens with zero attached hydrogens (tertiary/aromatic N) is 1. The summed E-state index contributed by atoms with van der Waals surface area (Å²) in [5.74, 6) is 0.155. The third kappa shape index (κ3) is 3.95. The number of carbonyl (C=O) groups excluding carboxylic acids is 2. The lowest BCUT2D eigenvalue weighted by Crippen LogP contribution is -2.65. The van der Waals surface area contributed by atoms with E-state index in [0.717, 1.165) is 12.8 Å². The molecule has 1 fully saturated rings.